The van der Waals surface area contributed by atoms with Gasteiger partial charge in [-0.05, 0) is 92.4 Å². The van der Waals surface area contributed by atoms with Crippen molar-refractivity contribution in [3.63, 3.8) is 0 Å². The first kappa shape index (κ1) is 75.7. The number of ether oxygens (including phenoxy) is 3. The number of hydrogen-bond donors (Lipinski definition) is 9. The fraction of sp³-hybridized carbons (Fsp3) is 0.656. The maximum Gasteiger partial charge on any atom is 0.410 e. The van der Waals surface area contributed by atoms with Crippen LogP contribution in [0.3, 0.4) is 0 Å². The van der Waals surface area contributed by atoms with Gasteiger partial charge in [-0.15, -0.1) is 0 Å². The molecule has 12 atom stereocenters. The maximum absolute atomic E-state index is 14.8. The predicted octanol–water partition coefficient (Wildman–Crippen LogP) is 5.35. The number of amides is 11. The Labute approximate surface area is 526 Å². The standard InChI is InChI=1S/C64H103N11O14/c1-16-40(9)55(49(87-15)35-51(77)75-34-22-26-48(75)41(10)42(11)57(79)68-43(12)56(78)45-23-19-18-20-24-45)73(13)61(83)53(38(5)6)72-60(82)54(39(7)8)74(14)64(86)89-36-44-27-29-46(30-28-44)69-58(80)47(25-21-32-66-62(65)84)70-59(81)52(37(3)4)71-50(76)31-33-67-63(85)88-17-2/h18-20,23-24,27-30,37-43,47-49,52-56,78H,16-17,21-22,25-26,31-36H2,1-15H3,(H,67,85)(H,68,79)(H,69,80)(H,70,81)(H,71,76)(H,72,82)(H3,65,66,84)/t40-,41+,42+,43+,47+,48-,49+,52+,53-,54-,55-,56+/m0/s1. The van der Waals surface area contributed by atoms with Crippen molar-refractivity contribution in [1.29, 1.82) is 0 Å². The first-order chi connectivity index (χ1) is 42.0. The molecule has 25 nitrogen and oxygen atoms in total. The Kier molecular flexibility index (Phi) is 31.9. The molecule has 1 fully saturated rings. The number of carbonyl (C=O) groups excluding carboxylic acids is 10. The lowest BCUT2D eigenvalue weighted by molar-refractivity contribution is -0.146. The van der Waals surface area contributed by atoms with Gasteiger partial charge in [-0.3, -0.25) is 38.5 Å². The number of urea groups is 1. The molecule has 0 radical (unpaired) electrons. The molecule has 0 aliphatic carbocycles. The highest BCUT2D eigenvalue weighted by Crippen LogP contribution is 2.32. The summed E-state index contributed by atoms with van der Waals surface area (Å²) >= 11 is 0. The van der Waals surface area contributed by atoms with Crippen LogP contribution in [0.5, 0.6) is 0 Å². The number of benzene rings is 2. The lowest BCUT2D eigenvalue weighted by Gasteiger charge is -2.41. The molecule has 0 bridgehead atoms. The second-order valence-corrected chi connectivity index (χ2v) is 24.4. The number of nitrogens with zero attached hydrogens (tertiary/aromatic N) is 3. The molecule has 10 N–H and O–H groups in total. The number of carbonyl (C=O) groups is 10. The molecule has 1 saturated heterocycles. The number of likely N-dealkylation sites (N-methyl/N-ethyl adjacent to an activating group) is 2. The molecular formula is C64H103N11O14. The average Bonchev–Trinajstić information content (AvgIpc) is 4.18. The lowest BCUT2D eigenvalue weighted by atomic mass is 9.86. The van der Waals surface area contributed by atoms with Gasteiger partial charge in [0.2, 0.25) is 41.4 Å². The number of alkyl carbamates (subject to hydrolysis) is 1. The van der Waals surface area contributed by atoms with Crippen molar-refractivity contribution >= 4 is 65.3 Å². The summed E-state index contributed by atoms with van der Waals surface area (Å²) in [5, 5.41) is 29.9. The van der Waals surface area contributed by atoms with E-state index in [1.807, 2.05) is 76.8 Å². The molecule has 0 unspecified atom stereocenters. The highest BCUT2D eigenvalue weighted by molar-refractivity contribution is 5.98. The zero-order chi connectivity index (χ0) is 66.8. The number of primary amides is 1. The molecule has 1 heterocycles. The largest absolute Gasteiger partial charge is 0.450 e. The minimum Gasteiger partial charge on any atom is -0.450 e. The molecule has 0 saturated carbocycles. The molecule has 11 amide bonds. The number of likely N-dealkylation sites (tertiary alicyclic amines) is 1. The van der Waals surface area contributed by atoms with Crippen LogP contribution < -0.4 is 43.0 Å². The summed E-state index contributed by atoms with van der Waals surface area (Å²) in [6, 6.07) is 9.10. The number of nitrogens with one attached hydrogen (secondary N) is 7. The van der Waals surface area contributed by atoms with Gasteiger partial charge in [-0.2, -0.15) is 0 Å². The van der Waals surface area contributed by atoms with E-state index in [4.69, 9.17) is 19.9 Å². The van der Waals surface area contributed by atoms with Crippen LogP contribution in [0.15, 0.2) is 54.6 Å². The predicted molar refractivity (Wildman–Crippen MR) is 337 cm³/mol. The van der Waals surface area contributed by atoms with E-state index in [0.717, 1.165) is 6.42 Å². The molecular weight excluding hydrogens is 1150 g/mol. The Balaban J connectivity index is 1.69. The zero-order valence-electron chi connectivity index (χ0n) is 55.0. The van der Waals surface area contributed by atoms with E-state index < -0.39 is 120 Å². The summed E-state index contributed by atoms with van der Waals surface area (Å²) < 4.78 is 16.6. The van der Waals surface area contributed by atoms with Gasteiger partial charge in [-0.1, -0.05) is 118 Å². The van der Waals surface area contributed by atoms with Crippen molar-refractivity contribution in [1.82, 2.24) is 46.6 Å². The summed E-state index contributed by atoms with van der Waals surface area (Å²) in [4.78, 5) is 138. The molecule has 25 heteroatoms. The highest BCUT2D eigenvalue weighted by atomic mass is 16.6. The van der Waals surface area contributed by atoms with E-state index in [1.165, 1.54) is 19.1 Å². The van der Waals surface area contributed by atoms with Crippen molar-refractivity contribution in [2.45, 2.75) is 189 Å². The second kappa shape index (κ2) is 37.5. The summed E-state index contributed by atoms with van der Waals surface area (Å²) in [6.07, 6.45) is -0.877. The molecule has 89 heavy (non-hydrogen) atoms. The Morgan fingerprint density at radius 3 is 1.93 bits per heavy atom. The Bertz CT molecular complexity index is 2630. The molecule has 3 rings (SSSR count). The second-order valence-electron chi connectivity index (χ2n) is 24.4. The van der Waals surface area contributed by atoms with Crippen LogP contribution >= 0.6 is 0 Å². The Morgan fingerprint density at radius 1 is 0.719 bits per heavy atom. The summed E-state index contributed by atoms with van der Waals surface area (Å²) in [5.41, 5.74) is 6.78. The van der Waals surface area contributed by atoms with Gasteiger partial charge in [-0.25, -0.2) is 14.4 Å². The van der Waals surface area contributed by atoms with Crippen molar-refractivity contribution in [3.8, 4) is 0 Å². The maximum atomic E-state index is 14.8. The van der Waals surface area contributed by atoms with E-state index in [2.05, 4.69) is 37.2 Å². The summed E-state index contributed by atoms with van der Waals surface area (Å²) in [7, 11) is 4.60. The van der Waals surface area contributed by atoms with E-state index in [9.17, 15) is 53.1 Å². The first-order valence-corrected chi connectivity index (χ1v) is 31.2. The van der Waals surface area contributed by atoms with Crippen molar-refractivity contribution in [3.05, 3.63) is 65.7 Å². The van der Waals surface area contributed by atoms with Crippen molar-refractivity contribution in [2.24, 2.45) is 41.2 Å². The van der Waals surface area contributed by atoms with Gasteiger partial charge in [0, 0.05) is 64.9 Å². The number of nitrogens with two attached hydrogens (primary N) is 1. The van der Waals surface area contributed by atoms with Gasteiger partial charge in [0.15, 0.2) is 0 Å². The minimum atomic E-state index is -1.12. The molecule has 0 spiro atoms. The van der Waals surface area contributed by atoms with E-state index in [0.29, 0.717) is 36.2 Å². The molecule has 2 aromatic carbocycles. The third kappa shape index (κ3) is 23.4. The van der Waals surface area contributed by atoms with Gasteiger partial charge >= 0.3 is 18.2 Å². The van der Waals surface area contributed by atoms with Crippen LogP contribution in [-0.2, 0) is 54.4 Å². The Hall–Kier alpha value is -7.54. The first-order valence-electron chi connectivity index (χ1n) is 31.2. The van der Waals surface area contributed by atoms with Gasteiger partial charge in [0.25, 0.3) is 0 Å². The number of methoxy groups -OCH3 is 1. The monoisotopic (exact) mass is 1250 g/mol. The third-order valence-electron chi connectivity index (χ3n) is 16.7. The van der Waals surface area contributed by atoms with Crippen LogP contribution in [0.4, 0.5) is 20.1 Å². The zero-order valence-corrected chi connectivity index (χ0v) is 55.0. The average molecular weight is 1250 g/mol. The molecule has 2 aromatic rings. The number of aliphatic hydroxyl groups excluding tert-OH is 1. The fourth-order valence-electron chi connectivity index (χ4n) is 11.1. The van der Waals surface area contributed by atoms with E-state index in [-0.39, 0.29) is 81.7 Å². The normalized spacial score (nSPS) is 16.8. The topological polar surface area (TPSA) is 339 Å². The summed E-state index contributed by atoms with van der Waals surface area (Å²) in [6.45, 7) is 22.3. The van der Waals surface area contributed by atoms with Crippen LogP contribution in [0.1, 0.15) is 145 Å². The van der Waals surface area contributed by atoms with Crippen LogP contribution in [0.2, 0.25) is 0 Å². The number of anilines is 1. The van der Waals surface area contributed by atoms with Crippen LogP contribution in [0.25, 0.3) is 0 Å². The van der Waals surface area contributed by atoms with Crippen LogP contribution in [0, 0.1) is 35.5 Å². The molecule has 1 aliphatic heterocycles. The summed E-state index contributed by atoms with van der Waals surface area (Å²) in [5.74, 6) is -5.20. The van der Waals surface area contributed by atoms with Gasteiger partial charge in [0.05, 0.1) is 37.3 Å². The number of rotatable bonds is 35. The van der Waals surface area contributed by atoms with E-state index >= 15 is 0 Å². The van der Waals surface area contributed by atoms with Gasteiger partial charge in [0.1, 0.15) is 30.8 Å². The number of hydrogen-bond acceptors (Lipinski definition) is 14. The molecule has 1 aliphatic rings. The lowest BCUT2D eigenvalue weighted by Crippen LogP contribution is -2.60. The smallest absolute Gasteiger partial charge is 0.410 e. The quantitative estimate of drug-likeness (QED) is 0.0393. The SMILES string of the molecule is CCOC(=O)NCCC(=O)N[C@@H](C(=O)N[C@H](CCCNC(N)=O)C(=O)Nc1ccc(COC(=O)N(C)[C@H](C(=O)N[C@H](C(=O)N(C)[C@@H]([C@@H](C)CC)[C@@H](CC(=O)N2CCC[C@H]2[C@H](C)[C@@H](C)C(=O)N[C@H](C)[C@@H](O)c2ccccc2)OC)C(C)C)C(C)C)cc1)C(C)C. The van der Waals surface area contributed by atoms with Crippen LogP contribution in [-0.4, -0.2) is 175 Å². The fourth-order valence-corrected chi connectivity index (χ4v) is 11.1. The van der Waals surface area contributed by atoms with Crippen molar-refractivity contribution < 1.29 is 67.3 Å². The number of aliphatic hydroxyl groups is 1. The molecule has 0 aromatic heterocycles. The van der Waals surface area contributed by atoms with Crippen molar-refractivity contribution in [2.75, 3.05) is 52.8 Å². The third-order valence-corrected chi connectivity index (χ3v) is 16.7. The Morgan fingerprint density at radius 2 is 1.36 bits per heavy atom. The van der Waals surface area contributed by atoms with Gasteiger partial charge < -0.3 is 72.1 Å². The highest BCUT2D eigenvalue weighted by Gasteiger charge is 2.43. The molecule has 498 valence electrons. The van der Waals surface area contributed by atoms with E-state index in [1.54, 1.807) is 77.8 Å². The minimum absolute atomic E-state index is 0.0307.